The summed E-state index contributed by atoms with van der Waals surface area (Å²) in [7, 11) is 0. The Morgan fingerprint density at radius 2 is 0.500 bits per heavy atom. The van der Waals surface area contributed by atoms with Gasteiger partial charge in [0.1, 0.15) is 13.2 Å². The van der Waals surface area contributed by atoms with Crippen molar-refractivity contribution < 1.29 is 28.6 Å². The van der Waals surface area contributed by atoms with Gasteiger partial charge < -0.3 is 14.2 Å². The molecule has 0 spiro atoms. The average Bonchev–Trinajstić information content (AvgIpc) is 3.31. The molecule has 0 heterocycles. The van der Waals surface area contributed by atoms with E-state index in [-0.39, 0.29) is 31.1 Å². The van der Waals surface area contributed by atoms with Crippen molar-refractivity contribution in [3.63, 3.8) is 0 Å². The first-order valence-electron chi connectivity index (χ1n) is 29.3. The van der Waals surface area contributed by atoms with Gasteiger partial charge in [-0.3, -0.25) is 14.4 Å². The molecule has 0 aliphatic rings. The first-order valence-corrected chi connectivity index (χ1v) is 29.3. The lowest BCUT2D eigenvalue weighted by atomic mass is 10.0. The molecule has 0 saturated heterocycles. The van der Waals surface area contributed by atoms with Crippen molar-refractivity contribution in [2.75, 3.05) is 13.2 Å². The minimum absolute atomic E-state index is 0.0716. The van der Waals surface area contributed by atoms with Crippen molar-refractivity contribution in [2.45, 2.75) is 329 Å². The maximum atomic E-state index is 12.8. The predicted octanol–water partition coefficient (Wildman–Crippen LogP) is 19.5. The fourth-order valence-corrected chi connectivity index (χ4v) is 8.73. The van der Waals surface area contributed by atoms with Crippen molar-refractivity contribution in [3.05, 3.63) is 24.3 Å². The zero-order valence-electron chi connectivity index (χ0n) is 44.5. The van der Waals surface area contributed by atoms with Gasteiger partial charge in [0.2, 0.25) is 0 Å². The van der Waals surface area contributed by atoms with Crippen LogP contribution in [-0.4, -0.2) is 37.2 Å². The van der Waals surface area contributed by atoms with Gasteiger partial charge in [-0.2, -0.15) is 0 Å². The second-order valence-electron chi connectivity index (χ2n) is 19.9. The summed E-state index contributed by atoms with van der Waals surface area (Å²) in [5, 5.41) is 0. The molecule has 388 valence electrons. The summed E-state index contributed by atoms with van der Waals surface area (Å²) in [5.41, 5.74) is 0. The van der Waals surface area contributed by atoms with E-state index < -0.39 is 6.10 Å². The highest BCUT2D eigenvalue weighted by Gasteiger charge is 2.19. The Morgan fingerprint density at radius 3 is 0.758 bits per heavy atom. The molecule has 0 fully saturated rings. The molecule has 1 unspecified atom stereocenters. The summed E-state index contributed by atoms with van der Waals surface area (Å²) in [6.07, 6.45) is 64.5. The Bertz CT molecular complexity index is 1070. The minimum atomic E-state index is -0.773. The molecule has 0 aliphatic heterocycles. The van der Waals surface area contributed by atoms with Gasteiger partial charge in [-0.05, 0) is 70.6 Å². The molecule has 0 radical (unpaired) electrons. The number of unbranched alkanes of at least 4 members (excludes halogenated alkanes) is 39. The van der Waals surface area contributed by atoms with Crippen LogP contribution in [0.3, 0.4) is 0 Å². The van der Waals surface area contributed by atoms with Crippen LogP contribution in [0.4, 0.5) is 0 Å². The predicted molar refractivity (Wildman–Crippen MR) is 284 cm³/mol. The van der Waals surface area contributed by atoms with Crippen LogP contribution < -0.4 is 0 Å². The van der Waals surface area contributed by atoms with Crippen molar-refractivity contribution in [3.8, 4) is 0 Å². The van der Waals surface area contributed by atoms with Gasteiger partial charge in [0.15, 0.2) is 6.10 Å². The standard InChI is InChI=1S/C60H112O6/c1-4-7-10-13-16-19-22-25-27-29-30-31-33-35-38-41-44-47-50-53-59(62)65-56-57(55-64-58(61)52-49-46-43-40-37-34-24-21-18-15-12-9-6-3)66-60(63)54-51-48-45-42-39-36-32-28-26-23-20-17-14-11-8-5-2/h28-30,32,57H,4-27,31,33-56H2,1-3H3/b30-29-,32-28-. The Kier molecular flexibility index (Phi) is 53.7. The van der Waals surface area contributed by atoms with Crippen LogP contribution in [0.25, 0.3) is 0 Å². The third kappa shape index (κ3) is 52.9. The average molecular weight is 930 g/mol. The molecule has 0 aromatic carbocycles. The minimum Gasteiger partial charge on any atom is -0.462 e. The van der Waals surface area contributed by atoms with Gasteiger partial charge in [0.25, 0.3) is 0 Å². The molecule has 0 aromatic heterocycles. The summed E-state index contributed by atoms with van der Waals surface area (Å²) >= 11 is 0. The third-order valence-electron chi connectivity index (χ3n) is 13.2. The molecule has 0 aliphatic carbocycles. The quantitative estimate of drug-likeness (QED) is 0.0262. The Hall–Kier alpha value is -2.11. The summed E-state index contributed by atoms with van der Waals surface area (Å²) in [6, 6.07) is 0. The van der Waals surface area contributed by atoms with Crippen molar-refractivity contribution in [1.29, 1.82) is 0 Å². The number of hydrogen-bond acceptors (Lipinski definition) is 6. The Labute approximate surface area is 411 Å². The van der Waals surface area contributed by atoms with E-state index in [1.807, 2.05) is 0 Å². The van der Waals surface area contributed by atoms with E-state index in [2.05, 4.69) is 45.1 Å². The van der Waals surface area contributed by atoms with E-state index in [1.54, 1.807) is 0 Å². The zero-order valence-corrected chi connectivity index (χ0v) is 44.5. The van der Waals surface area contributed by atoms with Crippen molar-refractivity contribution in [1.82, 2.24) is 0 Å². The van der Waals surface area contributed by atoms with Gasteiger partial charge in [0, 0.05) is 19.3 Å². The molecule has 0 aromatic rings. The maximum absolute atomic E-state index is 12.8. The Balaban J connectivity index is 4.33. The van der Waals surface area contributed by atoms with Gasteiger partial charge in [-0.15, -0.1) is 0 Å². The highest BCUT2D eigenvalue weighted by Crippen LogP contribution is 2.16. The third-order valence-corrected chi connectivity index (χ3v) is 13.2. The molecule has 0 bridgehead atoms. The second kappa shape index (κ2) is 55.5. The first kappa shape index (κ1) is 63.9. The number of hydrogen-bond donors (Lipinski definition) is 0. The molecule has 6 heteroatoms. The molecule has 0 rings (SSSR count). The van der Waals surface area contributed by atoms with E-state index in [4.69, 9.17) is 14.2 Å². The largest absolute Gasteiger partial charge is 0.462 e. The molecule has 6 nitrogen and oxygen atoms in total. The first-order chi connectivity index (χ1) is 32.5. The number of rotatable bonds is 54. The topological polar surface area (TPSA) is 78.9 Å². The zero-order chi connectivity index (χ0) is 47.9. The number of allylic oxidation sites excluding steroid dienone is 4. The summed E-state index contributed by atoms with van der Waals surface area (Å²) in [6.45, 7) is 6.67. The van der Waals surface area contributed by atoms with E-state index in [9.17, 15) is 14.4 Å². The summed E-state index contributed by atoms with van der Waals surface area (Å²) < 4.78 is 16.9. The molecular weight excluding hydrogens is 817 g/mol. The normalized spacial score (nSPS) is 12.1. The maximum Gasteiger partial charge on any atom is 0.306 e. The van der Waals surface area contributed by atoms with E-state index >= 15 is 0 Å². The SMILES string of the molecule is CCCCCCCCC/C=C\CCCCCCCC(=O)OC(COC(=O)CCCCCCCCC/C=C\CCCCCCCCCC)COC(=O)CCCCCCCCCCCCCCC. The van der Waals surface area contributed by atoms with Crippen LogP contribution in [0.2, 0.25) is 0 Å². The van der Waals surface area contributed by atoms with Gasteiger partial charge in [-0.1, -0.05) is 257 Å². The van der Waals surface area contributed by atoms with Crippen LogP contribution in [0, 0.1) is 0 Å². The molecule has 0 amide bonds. The lowest BCUT2D eigenvalue weighted by Crippen LogP contribution is -2.30. The number of carbonyl (C=O) groups excluding carboxylic acids is 3. The van der Waals surface area contributed by atoms with Crippen LogP contribution in [0.1, 0.15) is 323 Å². The molecule has 66 heavy (non-hydrogen) atoms. The van der Waals surface area contributed by atoms with E-state index in [0.29, 0.717) is 19.3 Å². The molecule has 0 N–H and O–H groups in total. The van der Waals surface area contributed by atoms with Crippen molar-refractivity contribution in [2.24, 2.45) is 0 Å². The second-order valence-corrected chi connectivity index (χ2v) is 19.9. The van der Waals surface area contributed by atoms with Gasteiger partial charge in [-0.25, -0.2) is 0 Å². The highest BCUT2D eigenvalue weighted by molar-refractivity contribution is 5.71. The van der Waals surface area contributed by atoms with Crippen LogP contribution in [-0.2, 0) is 28.6 Å². The van der Waals surface area contributed by atoms with E-state index in [0.717, 1.165) is 64.2 Å². The Morgan fingerprint density at radius 1 is 0.288 bits per heavy atom. The van der Waals surface area contributed by atoms with Gasteiger partial charge >= 0.3 is 17.9 Å². The summed E-state index contributed by atoms with van der Waals surface area (Å²) in [5.74, 6) is -0.865. The molecule has 0 saturated carbocycles. The molecular formula is C60H112O6. The smallest absolute Gasteiger partial charge is 0.306 e. The fourth-order valence-electron chi connectivity index (χ4n) is 8.73. The monoisotopic (exact) mass is 929 g/mol. The van der Waals surface area contributed by atoms with Crippen molar-refractivity contribution >= 4 is 17.9 Å². The lowest BCUT2D eigenvalue weighted by Gasteiger charge is -2.18. The van der Waals surface area contributed by atoms with Gasteiger partial charge in [0.05, 0.1) is 0 Å². The number of esters is 3. The summed E-state index contributed by atoms with van der Waals surface area (Å²) in [4.78, 5) is 38.1. The van der Waals surface area contributed by atoms with Crippen LogP contribution >= 0.6 is 0 Å². The number of carbonyl (C=O) groups is 3. The lowest BCUT2D eigenvalue weighted by molar-refractivity contribution is -0.167. The molecule has 1 atom stereocenters. The highest BCUT2D eigenvalue weighted by atomic mass is 16.6. The fraction of sp³-hybridized carbons (Fsp3) is 0.883. The van der Waals surface area contributed by atoms with E-state index in [1.165, 1.54) is 218 Å². The van der Waals surface area contributed by atoms with Crippen LogP contribution in [0.5, 0.6) is 0 Å². The number of ether oxygens (including phenoxy) is 3. The van der Waals surface area contributed by atoms with Crippen LogP contribution in [0.15, 0.2) is 24.3 Å².